The number of fused-ring (bicyclic) bond motifs is 1. The molecule has 1 aromatic rings. The Bertz CT molecular complexity index is 506. The molecule has 0 spiro atoms. The smallest absolute Gasteiger partial charge is 0.292 e. The topological polar surface area (TPSA) is 90.4 Å². The van der Waals surface area contributed by atoms with Crippen LogP contribution in [0.5, 0.6) is 0 Å². The molecule has 1 aromatic carbocycles. The molecule has 0 aromatic heterocycles. The van der Waals surface area contributed by atoms with Gasteiger partial charge in [-0.1, -0.05) is 0 Å². The van der Waals surface area contributed by atoms with Crippen LogP contribution in [0.2, 0.25) is 0 Å². The fourth-order valence-electron chi connectivity index (χ4n) is 2.99. The Morgan fingerprint density at radius 2 is 2.32 bits per heavy atom. The van der Waals surface area contributed by atoms with Gasteiger partial charge in [0.25, 0.3) is 5.69 Å². The Morgan fingerprint density at radius 3 is 3.05 bits per heavy atom. The number of hydrogen-bond acceptors (Lipinski definition) is 5. The van der Waals surface area contributed by atoms with Gasteiger partial charge in [-0.25, -0.2) is 0 Å². The number of nitrogens with one attached hydrogen (secondary N) is 1. The lowest BCUT2D eigenvalue weighted by Gasteiger charge is -2.47. The maximum atomic E-state index is 11.0. The molecule has 1 heterocycles. The van der Waals surface area contributed by atoms with Crippen LogP contribution in [0.15, 0.2) is 18.2 Å². The molecule has 6 nitrogen and oxygen atoms in total. The van der Waals surface area contributed by atoms with E-state index >= 15 is 0 Å². The summed E-state index contributed by atoms with van der Waals surface area (Å²) in [6.07, 6.45) is 3.43. The van der Waals surface area contributed by atoms with Crippen molar-refractivity contribution in [3.63, 3.8) is 0 Å². The van der Waals surface area contributed by atoms with Crippen LogP contribution in [0.1, 0.15) is 19.3 Å². The largest absolute Gasteiger partial charge is 0.399 e. The molecule has 102 valence electrons. The van der Waals surface area contributed by atoms with Crippen LogP contribution in [-0.2, 0) is 4.74 Å². The predicted octanol–water partition coefficient (Wildman–Crippen LogP) is 2.16. The lowest BCUT2D eigenvalue weighted by Crippen LogP contribution is -2.53. The second-order valence-electron chi connectivity index (χ2n) is 5.24. The normalized spacial score (nSPS) is 29.2. The first-order valence-corrected chi connectivity index (χ1v) is 6.57. The van der Waals surface area contributed by atoms with Gasteiger partial charge in [-0.3, -0.25) is 10.1 Å². The van der Waals surface area contributed by atoms with E-state index in [4.69, 9.17) is 10.5 Å². The van der Waals surface area contributed by atoms with E-state index in [1.807, 2.05) is 0 Å². The van der Waals surface area contributed by atoms with Crippen molar-refractivity contribution < 1.29 is 9.66 Å². The van der Waals surface area contributed by atoms with Crippen LogP contribution in [0.25, 0.3) is 0 Å². The van der Waals surface area contributed by atoms with Crippen molar-refractivity contribution in [3.8, 4) is 0 Å². The van der Waals surface area contributed by atoms with Crippen LogP contribution in [0.3, 0.4) is 0 Å². The molecule has 1 saturated heterocycles. The van der Waals surface area contributed by atoms with E-state index in [9.17, 15) is 10.1 Å². The second kappa shape index (κ2) is 4.70. The fraction of sp³-hybridized carbons (Fsp3) is 0.538. The molecular formula is C13H17N3O3. The van der Waals surface area contributed by atoms with Gasteiger partial charge in [-0.2, -0.15) is 0 Å². The van der Waals surface area contributed by atoms with Gasteiger partial charge in [0.2, 0.25) is 0 Å². The average Bonchev–Trinajstić information content (AvgIpc) is 2.35. The van der Waals surface area contributed by atoms with Crippen molar-refractivity contribution in [2.24, 2.45) is 5.92 Å². The van der Waals surface area contributed by atoms with Crippen LogP contribution >= 0.6 is 0 Å². The number of benzene rings is 1. The van der Waals surface area contributed by atoms with E-state index in [1.54, 1.807) is 12.1 Å². The van der Waals surface area contributed by atoms with E-state index in [0.29, 0.717) is 23.4 Å². The maximum absolute atomic E-state index is 11.0. The summed E-state index contributed by atoms with van der Waals surface area (Å²) < 4.78 is 5.65. The number of nitro benzene ring substituents is 1. The van der Waals surface area contributed by atoms with Gasteiger partial charge >= 0.3 is 0 Å². The van der Waals surface area contributed by atoms with E-state index < -0.39 is 0 Å². The van der Waals surface area contributed by atoms with Crippen molar-refractivity contribution in [2.75, 3.05) is 17.7 Å². The Morgan fingerprint density at radius 1 is 1.47 bits per heavy atom. The number of nitrogens with two attached hydrogens (primary N) is 1. The third kappa shape index (κ3) is 2.23. The molecular weight excluding hydrogens is 246 g/mol. The Kier molecular flexibility index (Phi) is 3.02. The second-order valence-corrected chi connectivity index (χ2v) is 5.24. The van der Waals surface area contributed by atoms with Gasteiger partial charge in [0, 0.05) is 30.3 Å². The number of hydrogen-bond donors (Lipinski definition) is 2. The molecule has 3 rings (SSSR count). The zero-order valence-corrected chi connectivity index (χ0v) is 10.5. The molecule has 0 radical (unpaired) electrons. The van der Waals surface area contributed by atoms with Crippen LogP contribution < -0.4 is 11.1 Å². The molecule has 0 bridgehead atoms. The van der Waals surface area contributed by atoms with E-state index in [1.165, 1.54) is 6.07 Å². The van der Waals surface area contributed by atoms with Gasteiger partial charge in [-0.15, -0.1) is 0 Å². The van der Waals surface area contributed by atoms with E-state index in [0.717, 1.165) is 25.9 Å². The first-order valence-electron chi connectivity index (χ1n) is 6.57. The minimum atomic E-state index is -0.380. The Labute approximate surface area is 111 Å². The van der Waals surface area contributed by atoms with Gasteiger partial charge in [0.05, 0.1) is 11.0 Å². The highest BCUT2D eigenvalue weighted by Crippen LogP contribution is 2.40. The third-order valence-corrected chi connectivity index (χ3v) is 4.05. The zero-order chi connectivity index (χ0) is 13.4. The summed E-state index contributed by atoms with van der Waals surface area (Å²) in [5.41, 5.74) is 6.83. The highest BCUT2D eigenvalue weighted by molar-refractivity contribution is 5.67. The molecule has 19 heavy (non-hydrogen) atoms. The summed E-state index contributed by atoms with van der Waals surface area (Å²) in [5, 5.41) is 14.3. The Balaban J connectivity index is 1.76. The molecule has 2 fully saturated rings. The summed E-state index contributed by atoms with van der Waals surface area (Å²) in [7, 11) is 0. The monoisotopic (exact) mass is 263 g/mol. The maximum Gasteiger partial charge on any atom is 0.292 e. The summed E-state index contributed by atoms with van der Waals surface area (Å²) in [5.74, 6) is 0.467. The van der Waals surface area contributed by atoms with Crippen molar-refractivity contribution in [1.82, 2.24) is 0 Å². The molecule has 1 aliphatic heterocycles. The number of ether oxygens (including phenoxy) is 1. The molecule has 0 unspecified atom stereocenters. The number of rotatable bonds is 3. The summed E-state index contributed by atoms with van der Waals surface area (Å²) in [4.78, 5) is 10.6. The molecule has 1 aliphatic carbocycles. The fourth-order valence-corrected chi connectivity index (χ4v) is 2.99. The lowest BCUT2D eigenvalue weighted by atomic mass is 9.72. The molecule has 1 saturated carbocycles. The predicted molar refractivity (Wildman–Crippen MR) is 72.0 cm³/mol. The average molecular weight is 263 g/mol. The summed E-state index contributed by atoms with van der Waals surface area (Å²) >= 11 is 0. The van der Waals surface area contributed by atoms with Crippen molar-refractivity contribution >= 4 is 17.1 Å². The number of nitro groups is 1. The molecule has 3 atom stereocenters. The van der Waals surface area contributed by atoms with Gasteiger partial charge in [0.15, 0.2) is 0 Å². The van der Waals surface area contributed by atoms with Gasteiger partial charge < -0.3 is 15.8 Å². The standard InChI is InChI=1S/C13H17N3O3/c14-8-3-4-12(16(17)18)11(6-8)15-10-7-13-9(10)2-1-5-19-13/h3-4,6,9-10,13,15H,1-2,5,7,14H2/t9-,10-,13+/m1/s1. The van der Waals surface area contributed by atoms with Crippen molar-refractivity contribution in [2.45, 2.75) is 31.4 Å². The number of anilines is 2. The van der Waals surface area contributed by atoms with E-state index in [2.05, 4.69) is 5.32 Å². The SMILES string of the molecule is Nc1ccc([N+](=O)[O-])c(N[C@@H]2C[C@@H]3OCCC[C@@H]32)c1. The minimum Gasteiger partial charge on any atom is -0.399 e. The quantitative estimate of drug-likeness (QED) is 0.495. The first-order chi connectivity index (χ1) is 9.15. The highest BCUT2D eigenvalue weighted by atomic mass is 16.6. The highest BCUT2D eigenvalue weighted by Gasteiger charge is 2.43. The first kappa shape index (κ1) is 12.2. The summed E-state index contributed by atoms with van der Waals surface area (Å²) in [6.45, 7) is 0.840. The number of nitrogens with zero attached hydrogens (tertiary/aromatic N) is 1. The molecule has 6 heteroatoms. The van der Waals surface area contributed by atoms with E-state index in [-0.39, 0.29) is 16.7 Å². The Hall–Kier alpha value is -1.82. The lowest BCUT2D eigenvalue weighted by molar-refractivity contribution is -0.384. The van der Waals surface area contributed by atoms with Crippen molar-refractivity contribution in [3.05, 3.63) is 28.3 Å². The molecule has 3 N–H and O–H groups in total. The van der Waals surface area contributed by atoms with Crippen LogP contribution in [0.4, 0.5) is 17.1 Å². The van der Waals surface area contributed by atoms with Crippen LogP contribution in [0, 0.1) is 16.0 Å². The molecule has 0 amide bonds. The van der Waals surface area contributed by atoms with Gasteiger partial charge in [0.1, 0.15) is 5.69 Å². The van der Waals surface area contributed by atoms with Crippen molar-refractivity contribution in [1.29, 1.82) is 0 Å². The minimum absolute atomic E-state index is 0.0781. The van der Waals surface area contributed by atoms with Gasteiger partial charge in [-0.05, 0) is 31.4 Å². The summed E-state index contributed by atoms with van der Waals surface area (Å²) in [6, 6.07) is 4.89. The third-order valence-electron chi connectivity index (χ3n) is 4.05. The molecule has 2 aliphatic rings. The van der Waals surface area contributed by atoms with Crippen LogP contribution in [-0.4, -0.2) is 23.7 Å². The number of nitrogen functional groups attached to an aromatic ring is 1. The zero-order valence-electron chi connectivity index (χ0n) is 10.5.